The van der Waals surface area contributed by atoms with E-state index in [9.17, 15) is 4.79 Å². The Hall–Kier alpha value is -0.370. The first kappa shape index (κ1) is 13.6. The molecule has 0 aliphatic heterocycles. The van der Waals surface area contributed by atoms with Crippen LogP contribution < -0.4 is 0 Å². The molecule has 0 amide bonds. The number of nitrogens with zero attached hydrogens (tertiary/aromatic N) is 1. The third kappa shape index (κ3) is 3.79. The maximum absolute atomic E-state index is 11.8. The Morgan fingerprint density at radius 1 is 1.14 bits per heavy atom. The van der Waals surface area contributed by atoms with Crippen LogP contribution in [0.5, 0.6) is 0 Å². The van der Waals surface area contributed by atoms with Gasteiger partial charge in [-0.25, -0.2) is 0 Å². The van der Waals surface area contributed by atoms with Crippen LogP contribution in [0.25, 0.3) is 0 Å². The van der Waals surface area contributed by atoms with Crippen LogP contribution in [0, 0.1) is 5.41 Å². The molecule has 0 saturated carbocycles. The lowest BCUT2D eigenvalue weighted by Gasteiger charge is -2.35. The van der Waals surface area contributed by atoms with Gasteiger partial charge in [0, 0.05) is 11.0 Å². The van der Waals surface area contributed by atoms with Crippen LogP contribution in [-0.4, -0.2) is 29.8 Å². The lowest BCUT2D eigenvalue weighted by Crippen LogP contribution is -2.45. The predicted molar refractivity (Wildman–Crippen MR) is 61.5 cm³/mol. The van der Waals surface area contributed by atoms with E-state index in [0.717, 1.165) is 6.42 Å². The molecule has 0 aliphatic rings. The van der Waals surface area contributed by atoms with Gasteiger partial charge in [0.1, 0.15) is 0 Å². The van der Waals surface area contributed by atoms with Gasteiger partial charge in [0.05, 0.1) is 6.54 Å². The Balaban J connectivity index is 4.34. The first-order chi connectivity index (χ1) is 6.11. The average molecular weight is 199 g/mol. The van der Waals surface area contributed by atoms with Gasteiger partial charge in [-0.05, 0) is 27.3 Å². The highest BCUT2D eigenvalue weighted by Gasteiger charge is 2.27. The number of ketones is 1. The van der Waals surface area contributed by atoms with E-state index in [1.165, 1.54) is 0 Å². The summed E-state index contributed by atoms with van der Waals surface area (Å²) >= 11 is 0. The van der Waals surface area contributed by atoms with Crippen molar-refractivity contribution < 1.29 is 4.79 Å². The fourth-order valence-corrected chi connectivity index (χ4v) is 0.937. The Labute approximate surface area is 88.7 Å². The van der Waals surface area contributed by atoms with Crippen molar-refractivity contribution in [1.29, 1.82) is 0 Å². The van der Waals surface area contributed by atoms with E-state index < -0.39 is 0 Å². The second kappa shape index (κ2) is 4.43. The minimum atomic E-state index is -0.224. The van der Waals surface area contributed by atoms with Crippen molar-refractivity contribution in [2.24, 2.45) is 5.41 Å². The Morgan fingerprint density at radius 2 is 1.57 bits per heavy atom. The molecule has 0 aromatic heterocycles. The smallest absolute Gasteiger partial charge is 0.152 e. The summed E-state index contributed by atoms with van der Waals surface area (Å²) in [6.07, 6.45) is 1.06. The van der Waals surface area contributed by atoms with Crippen molar-refractivity contribution in [1.82, 2.24) is 4.90 Å². The standard InChI is InChI=1S/C12H25NO/c1-8-12(5,6)13(7)9-10(14)11(2,3)4/h8-9H2,1-7H3. The fraction of sp³-hybridized carbons (Fsp3) is 0.917. The number of rotatable bonds is 4. The predicted octanol–water partition coefficient (Wildman–Crippen LogP) is 2.72. The lowest BCUT2D eigenvalue weighted by atomic mass is 9.89. The molecule has 0 atom stereocenters. The van der Waals surface area contributed by atoms with Crippen LogP contribution in [0.3, 0.4) is 0 Å². The summed E-state index contributed by atoms with van der Waals surface area (Å²) < 4.78 is 0. The van der Waals surface area contributed by atoms with Gasteiger partial charge in [0.25, 0.3) is 0 Å². The summed E-state index contributed by atoms with van der Waals surface area (Å²) in [7, 11) is 2.02. The molecule has 2 heteroatoms. The molecule has 0 N–H and O–H groups in total. The lowest BCUT2D eigenvalue weighted by molar-refractivity contribution is -0.128. The molecule has 14 heavy (non-hydrogen) atoms. The van der Waals surface area contributed by atoms with Crippen molar-refractivity contribution in [3.8, 4) is 0 Å². The maximum atomic E-state index is 11.8. The highest BCUT2D eigenvalue weighted by molar-refractivity contribution is 5.85. The fourth-order valence-electron chi connectivity index (χ4n) is 0.937. The quantitative estimate of drug-likeness (QED) is 0.694. The van der Waals surface area contributed by atoms with Gasteiger partial charge in [-0.15, -0.1) is 0 Å². The van der Waals surface area contributed by atoms with Crippen molar-refractivity contribution >= 4 is 5.78 Å². The van der Waals surface area contributed by atoms with Crippen molar-refractivity contribution in [2.75, 3.05) is 13.6 Å². The zero-order valence-electron chi connectivity index (χ0n) is 10.8. The molecule has 0 spiro atoms. The molecule has 0 aromatic carbocycles. The molecule has 0 rings (SSSR count). The van der Waals surface area contributed by atoms with E-state index >= 15 is 0 Å². The van der Waals surface area contributed by atoms with Crippen LogP contribution in [0.4, 0.5) is 0 Å². The van der Waals surface area contributed by atoms with Crippen LogP contribution in [0.15, 0.2) is 0 Å². The molecule has 0 heterocycles. The summed E-state index contributed by atoms with van der Waals surface area (Å²) in [6.45, 7) is 13.0. The Kier molecular flexibility index (Phi) is 4.32. The zero-order valence-corrected chi connectivity index (χ0v) is 10.8. The average Bonchev–Trinajstić information content (AvgIpc) is 2.02. The molecular weight excluding hydrogens is 174 g/mol. The Morgan fingerprint density at radius 3 is 1.86 bits per heavy atom. The van der Waals surface area contributed by atoms with E-state index in [4.69, 9.17) is 0 Å². The summed E-state index contributed by atoms with van der Waals surface area (Å²) in [5.41, 5.74) is -0.112. The highest BCUT2D eigenvalue weighted by Crippen LogP contribution is 2.20. The van der Waals surface area contributed by atoms with Gasteiger partial charge in [-0.1, -0.05) is 27.7 Å². The molecule has 84 valence electrons. The van der Waals surface area contributed by atoms with E-state index in [2.05, 4.69) is 25.7 Å². The van der Waals surface area contributed by atoms with Crippen LogP contribution >= 0.6 is 0 Å². The van der Waals surface area contributed by atoms with Crippen LogP contribution in [-0.2, 0) is 4.79 Å². The number of hydrogen-bond acceptors (Lipinski definition) is 2. The molecule has 2 nitrogen and oxygen atoms in total. The van der Waals surface area contributed by atoms with Gasteiger partial charge < -0.3 is 0 Å². The molecular formula is C12H25NO. The molecule has 0 fully saturated rings. The number of Topliss-reactive ketones (excluding diaryl/α,β-unsaturated/α-hetero) is 1. The second-order valence-corrected chi connectivity index (χ2v) is 5.70. The van der Waals surface area contributed by atoms with Gasteiger partial charge in [0.15, 0.2) is 5.78 Å². The summed E-state index contributed by atoms with van der Waals surface area (Å²) in [5, 5.41) is 0. The molecule has 0 unspecified atom stereocenters. The van der Waals surface area contributed by atoms with Crippen LogP contribution in [0.2, 0.25) is 0 Å². The molecule has 0 radical (unpaired) electrons. The summed E-state index contributed by atoms with van der Waals surface area (Å²) in [4.78, 5) is 13.9. The molecule has 0 bridgehead atoms. The number of likely N-dealkylation sites (N-methyl/N-ethyl adjacent to an activating group) is 1. The highest BCUT2D eigenvalue weighted by atomic mass is 16.1. The summed E-state index contributed by atoms with van der Waals surface area (Å²) in [6, 6.07) is 0. The molecule has 0 saturated heterocycles. The van der Waals surface area contributed by atoms with E-state index in [0.29, 0.717) is 12.3 Å². The third-order valence-electron chi connectivity index (χ3n) is 3.12. The first-order valence-corrected chi connectivity index (χ1v) is 5.36. The number of hydrogen-bond donors (Lipinski definition) is 0. The van der Waals surface area contributed by atoms with E-state index in [1.807, 2.05) is 27.8 Å². The van der Waals surface area contributed by atoms with Crippen molar-refractivity contribution in [2.45, 2.75) is 53.5 Å². The minimum absolute atomic E-state index is 0.112. The van der Waals surface area contributed by atoms with Gasteiger partial charge in [-0.2, -0.15) is 0 Å². The largest absolute Gasteiger partial charge is 0.298 e. The zero-order chi connectivity index (χ0) is 11.6. The van der Waals surface area contributed by atoms with Crippen molar-refractivity contribution in [3.05, 3.63) is 0 Å². The van der Waals surface area contributed by atoms with E-state index in [1.54, 1.807) is 0 Å². The van der Waals surface area contributed by atoms with Crippen molar-refractivity contribution in [3.63, 3.8) is 0 Å². The monoisotopic (exact) mass is 199 g/mol. The first-order valence-electron chi connectivity index (χ1n) is 5.36. The SMILES string of the molecule is CCC(C)(C)N(C)CC(=O)C(C)(C)C. The van der Waals surface area contributed by atoms with Crippen LogP contribution in [0.1, 0.15) is 48.0 Å². The normalized spacial score (nSPS) is 13.4. The Bertz CT molecular complexity index is 201. The number of carbonyl (C=O) groups is 1. The van der Waals surface area contributed by atoms with Gasteiger partial charge in [0.2, 0.25) is 0 Å². The minimum Gasteiger partial charge on any atom is -0.298 e. The topological polar surface area (TPSA) is 20.3 Å². The van der Waals surface area contributed by atoms with E-state index in [-0.39, 0.29) is 11.0 Å². The van der Waals surface area contributed by atoms with Gasteiger partial charge >= 0.3 is 0 Å². The summed E-state index contributed by atoms with van der Waals surface area (Å²) in [5.74, 6) is 0.307. The third-order valence-corrected chi connectivity index (χ3v) is 3.12. The van der Waals surface area contributed by atoms with Gasteiger partial charge in [-0.3, -0.25) is 9.69 Å². The molecule has 0 aromatic rings. The molecule has 0 aliphatic carbocycles. The number of carbonyl (C=O) groups excluding carboxylic acids is 1. The maximum Gasteiger partial charge on any atom is 0.152 e. The second-order valence-electron chi connectivity index (χ2n) is 5.70.